The first-order valence-electron chi connectivity index (χ1n) is 12.7. The maximum atomic E-state index is 15.8. The molecule has 1 aromatic carbocycles. The molecule has 2 aliphatic rings. The van der Waals surface area contributed by atoms with E-state index in [1.165, 1.54) is 17.8 Å². The summed E-state index contributed by atoms with van der Waals surface area (Å²) in [6, 6.07) is 13.5. The highest BCUT2D eigenvalue weighted by molar-refractivity contribution is 5.63. The van der Waals surface area contributed by atoms with Gasteiger partial charge >= 0.3 is 0 Å². The Morgan fingerprint density at radius 3 is 2.51 bits per heavy atom. The number of hydrogen-bond acceptors (Lipinski definition) is 7. The third kappa shape index (κ3) is 5.12. The summed E-state index contributed by atoms with van der Waals surface area (Å²) in [7, 11) is 0. The molecule has 192 valence electrons. The number of anilines is 2. The predicted molar refractivity (Wildman–Crippen MR) is 138 cm³/mol. The minimum absolute atomic E-state index is 0.0847. The predicted octanol–water partition coefficient (Wildman–Crippen LogP) is 3.98. The summed E-state index contributed by atoms with van der Waals surface area (Å²) in [5, 5.41) is 3.36. The first kappa shape index (κ1) is 23.7. The van der Waals surface area contributed by atoms with Crippen LogP contribution in [-0.4, -0.2) is 69.7 Å². The van der Waals surface area contributed by atoms with Crippen LogP contribution in [0.25, 0.3) is 17.2 Å². The summed E-state index contributed by atoms with van der Waals surface area (Å²) in [6.07, 6.45) is 4.68. The smallest absolute Gasteiger partial charge is 0.207 e. The van der Waals surface area contributed by atoms with Gasteiger partial charge in [0.2, 0.25) is 5.82 Å². The molecule has 8 nitrogen and oxygen atoms in total. The number of pyridine rings is 1. The first-order valence-corrected chi connectivity index (χ1v) is 12.7. The van der Waals surface area contributed by atoms with Crippen LogP contribution in [0.3, 0.4) is 0 Å². The Kier molecular flexibility index (Phi) is 6.67. The fourth-order valence-corrected chi connectivity index (χ4v) is 5.02. The number of imidazole rings is 1. The van der Waals surface area contributed by atoms with Gasteiger partial charge in [0.05, 0.1) is 19.4 Å². The van der Waals surface area contributed by atoms with Crippen molar-refractivity contribution in [2.75, 3.05) is 49.6 Å². The van der Waals surface area contributed by atoms with Crippen LogP contribution in [0, 0.1) is 11.6 Å². The van der Waals surface area contributed by atoms with Gasteiger partial charge in [-0.25, -0.2) is 19.3 Å². The zero-order valence-electron chi connectivity index (χ0n) is 20.5. The van der Waals surface area contributed by atoms with Gasteiger partial charge in [-0.05, 0) is 30.5 Å². The molecule has 3 aromatic heterocycles. The van der Waals surface area contributed by atoms with E-state index in [9.17, 15) is 4.39 Å². The Balaban J connectivity index is 1.27. The quantitative estimate of drug-likeness (QED) is 0.425. The number of likely N-dealkylation sites (tertiary alicyclic amines) is 1. The largest absolute Gasteiger partial charge is 0.378 e. The van der Waals surface area contributed by atoms with Crippen molar-refractivity contribution in [1.82, 2.24) is 24.3 Å². The van der Waals surface area contributed by atoms with Crippen LogP contribution in [-0.2, 0) is 11.3 Å². The van der Waals surface area contributed by atoms with Crippen LogP contribution in [0.15, 0.2) is 54.9 Å². The van der Waals surface area contributed by atoms with Crippen molar-refractivity contribution in [3.05, 3.63) is 72.1 Å². The zero-order chi connectivity index (χ0) is 25.2. The van der Waals surface area contributed by atoms with E-state index < -0.39 is 11.6 Å². The van der Waals surface area contributed by atoms with Crippen LogP contribution in [0.5, 0.6) is 0 Å². The molecule has 0 saturated carbocycles. The second-order valence-corrected chi connectivity index (χ2v) is 9.53. The molecule has 0 unspecified atom stereocenters. The van der Waals surface area contributed by atoms with Gasteiger partial charge in [0.15, 0.2) is 17.5 Å². The third-order valence-corrected chi connectivity index (χ3v) is 7.02. The summed E-state index contributed by atoms with van der Waals surface area (Å²) < 4.78 is 36.9. The second kappa shape index (κ2) is 10.4. The molecule has 0 radical (unpaired) electrons. The molecule has 1 N–H and O–H groups in total. The summed E-state index contributed by atoms with van der Waals surface area (Å²) in [5.74, 6) is -0.187. The van der Waals surface area contributed by atoms with Crippen LogP contribution in [0.2, 0.25) is 0 Å². The standard InChI is InChI=1S/C27H29F2N7O/c28-20-6-7-23-30-16-22(36(23)18-20)25-32-26(24(29)27(33-25)35-12-14-37-15-13-35)31-21-8-10-34(11-9-21)17-19-4-2-1-3-5-19/h1-7,16,18,21H,8-15,17H2,(H,31,32,33). The molecule has 2 fully saturated rings. The maximum absolute atomic E-state index is 15.8. The third-order valence-electron chi connectivity index (χ3n) is 7.02. The van der Waals surface area contributed by atoms with Gasteiger partial charge < -0.3 is 15.0 Å². The molecular weight excluding hydrogens is 476 g/mol. The molecule has 0 spiro atoms. The molecule has 2 aliphatic heterocycles. The number of ether oxygens (including phenoxy) is 1. The highest BCUT2D eigenvalue weighted by Gasteiger charge is 2.26. The minimum Gasteiger partial charge on any atom is -0.378 e. The highest BCUT2D eigenvalue weighted by atomic mass is 19.1. The Morgan fingerprint density at radius 2 is 1.73 bits per heavy atom. The van der Waals surface area contributed by atoms with E-state index in [4.69, 9.17) is 4.74 Å². The fraction of sp³-hybridized carbons (Fsp3) is 0.370. The van der Waals surface area contributed by atoms with Crippen molar-refractivity contribution >= 4 is 17.3 Å². The molecule has 0 atom stereocenters. The van der Waals surface area contributed by atoms with Crippen molar-refractivity contribution in [3.8, 4) is 11.5 Å². The molecule has 4 aromatic rings. The molecule has 5 heterocycles. The van der Waals surface area contributed by atoms with E-state index in [-0.39, 0.29) is 17.7 Å². The molecule has 2 saturated heterocycles. The lowest BCUT2D eigenvalue weighted by atomic mass is 10.0. The van der Waals surface area contributed by atoms with Crippen LogP contribution in [0.1, 0.15) is 18.4 Å². The number of aromatic nitrogens is 4. The highest BCUT2D eigenvalue weighted by Crippen LogP contribution is 2.29. The number of nitrogens with zero attached hydrogens (tertiary/aromatic N) is 6. The van der Waals surface area contributed by atoms with Gasteiger partial charge in [-0.3, -0.25) is 9.30 Å². The average molecular weight is 506 g/mol. The van der Waals surface area contributed by atoms with E-state index in [0.717, 1.165) is 32.5 Å². The van der Waals surface area contributed by atoms with Gasteiger partial charge in [-0.2, -0.15) is 4.39 Å². The second-order valence-electron chi connectivity index (χ2n) is 9.53. The molecule has 10 heteroatoms. The van der Waals surface area contributed by atoms with Gasteiger partial charge in [0.25, 0.3) is 0 Å². The van der Waals surface area contributed by atoms with Gasteiger partial charge in [0, 0.05) is 45.0 Å². The Bertz CT molecular complexity index is 1370. The molecule has 0 amide bonds. The molecule has 0 aliphatic carbocycles. The summed E-state index contributed by atoms with van der Waals surface area (Å²) in [5.41, 5.74) is 2.36. The van der Waals surface area contributed by atoms with E-state index >= 15 is 4.39 Å². The van der Waals surface area contributed by atoms with Gasteiger partial charge in [0.1, 0.15) is 17.2 Å². The summed E-state index contributed by atoms with van der Waals surface area (Å²) in [6.45, 7) is 4.80. The van der Waals surface area contributed by atoms with Gasteiger partial charge in [-0.1, -0.05) is 30.3 Å². The summed E-state index contributed by atoms with van der Waals surface area (Å²) >= 11 is 0. The summed E-state index contributed by atoms with van der Waals surface area (Å²) in [4.78, 5) is 17.8. The van der Waals surface area contributed by atoms with Crippen LogP contribution >= 0.6 is 0 Å². The molecule has 6 rings (SSSR count). The number of halogens is 2. The fourth-order valence-electron chi connectivity index (χ4n) is 5.02. The van der Waals surface area contributed by atoms with E-state index in [0.29, 0.717) is 43.5 Å². The van der Waals surface area contributed by atoms with Crippen molar-refractivity contribution in [2.24, 2.45) is 0 Å². The van der Waals surface area contributed by atoms with Gasteiger partial charge in [-0.15, -0.1) is 0 Å². The lowest BCUT2D eigenvalue weighted by Crippen LogP contribution is -2.39. The SMILES string of the molecule is Fc1ccc2ncc(-c3nc(NC4CCN(Cc5ccccc5)CC4)c(F)c(N4CCOCC4)n3)n2c1. The normalized spacial score (nSPS) is 17.4. The molecule has 0 bridgehead atoms. The number of hydrogen-bond donors (Lipinski definition) is 1. The van der Waals surface area contributed by atoms with Crippen LogP contribution in [0.4, 0.5) is 20.4 Å². The molecular formula is C27H29F2N7O. The van der Waals surface area contributed by atoms with Crippen molar-refractivity contribution in [2.45, 2.75) is 25.4 Å². The monoisotopic (exact) mass is 505 g/mol. The van der Waals surface area contributed by atoms with E-state index in [1.54, 1.807) is 16.7 Å². The lowest BCUT2D eigenvalue weighted by molar-refractivity contribution is 0.122. The van der Waals surface area contributed by atoms with Crippen LogP contribution < -0.4 is 10.2 Å². The Morgan fingerprint density at radius 1 is 0.946 bits per heavy atom. The number of benzene rings is 1. The van der Waals surface area contributed by atoms with Crippen molar-refractivity contribution < 1.29 is 13.5 Å². The number of nitrogens with one attached hydrogen (secondary N) is 1. The zero-order valence-corrected chi connectivity index (χ0v) is 20.5. The van der Waals surface area contributed by atoms with E-state index in [1.807, 2.05) is 11.0 Å². The minimum atomic E-state index is -0.475. The Hall–Kier alpha value is -3.63. The number of piperidine rings is 1. The van der Waals surface area contributed by atoms with Crippen molar-refractivity contribution in [1.29, 1.82) is 0 Å². The topological polar surface area (TPSA) is 70.8 Å². The Labute approximate surface area is 213 Å². The maximum Gasteiger partial charge on any atom is 0.207 e. The first-order chi connectivity index (χ1) is 18.1. The number of morpholine rings is 1. The number of fused-ring (bicyclic) bond motifs is 1. The average Bonchev–Trinajstić information content (AvgIpc) is 3.35. The van der Waals surface area contributed by atoms with Crippen molar-refractivity contribution in [3.63, 3.8) is 0 Å². The van der Waals surface area contributed by atoms with E-state index in [2.05, 4.69) is 49.4 Å². The number of rotatable bonds is 6. The lowest BCUT2D eigenvalue weighted by Gasteiger charge is -2.33. The molecule has 37 heavy (non-hydrogen) atoms.